The van der Waals surface area contributed by atoms with Gasteiger partial charge in [-0.3, -0.25) is 4.21 Å². The van der Waals surface area contributed by atoms with Gasteiger partial charge in [0.15, 0.2) is 0 Å². The van der Waals surface area contributed by atoms with Crippen molar-refractivity contribution < 1.29 is 8.76 Å². The Bertz CT molecular complexity index is 135. The molecule has 1 atom stereocenters. The summed E-state index contributed by atoms with van der Waals surface area (Å²) in [6.07, 6.45) is 0.444. The van der Waals surface area contributed by atoms with Crippen molar-refractivity contribution in [2.24, 2.45) is 0 Å². The fourth-order valence-corrected chi connectivity index (χ4v) is 0.720. The largest absolute Gasteiger partial charge is 0.772 e. The predicted octanol–water partition coefficient (Wildman–Crippen LogP) is 0.652. The third kappa shape index (κ3) is 6.40. The van der Waals surface area contributed by atoms with E-state index in [-0.39, 0.29) is 5.75 Å². The van der Waals surface area contributed by atoms with E-state index in [2.05, 4.69) is 9.85 Å². The molecule has 2 nitrogen and oxygen atoms in total. The summed E-state index contributed by atoms with van der Waals surface area (Å²) >= 11 is -0.0508. The van der Waals surface area contributed by atoms with E-state index in [1.165, 1.54) is 0 Å². The second kappa shape index (κ2) is 5.54. The molecule has 4 heteroatoms. The van der Waals surface area contributed by atoms with Crippen molar-refractivity contribution in [2.45, 2.75) is 6.42 Å². The zero-order valence-electron chi connectivity index (χ0n) is 4.02. The van der Waals surface area contributed by atoms with Crippen LogP contribution in [0.1, 0.15) is 6.42 Å². The maximum atomic E-state index is 9.80. The highest BCUT2D eigenvalue weighted by Gasteiger charge is 1.77. The number of hydrogen-bond donors (Lipinski definition) is 0. The third-order valence-electron chi connectivity index (χ3n) is 0.461. The van der Waals surface area contributed by atoms with Gasteiger partial charge in [0, 0.05) is 34.8 Å². The highest BCUT2D eigenvalue weighted by Crippen LogP contribution is 1.81. The van der Waals surface area contributed by atoms with Gasteiger partial charge in [0.1, 0.15) is 0 Å². The van der Waals surface area contributed by atoms with Crippen LogP contribution in [0.3, 0.4) is 0 Å². The van der Waals surface area contributed by atoms with Crippen molar-refractivity contribution in [2.75, 3.05) is 5.75 Å². The van der Waals surface area contributed by atoms with Gasteiger partial charge >= 0.3 is 0 Å². The minimum absolute atomic E-state index is 0.149. The van der Waals surface area contributed by atoms with E-state index in [0.29, 0.717) is 6.42 Å². The second-order valence-electron chi connectivity index (χ2n) is 1.03. The van der Waals surface area contributed by atoms with Crippen molar-refractivity contribution in [3.8, 4) is 9.85 Å². The van der Waals surface area contributed by atoms with Crippen LogP contribution in [0.15, 0.2) is 0 Å². The monoisotopic (exact) mass is 243 g/mol. The van der Waals surface area contributed by atoms with Crippen molar-refractivity contribution in [3.05, 3.63) is 0 Å². The first-order chi connectivity index (χ1) is 3.77. The molecule has 0 bridgehead atoms. The molecule has 0 aromatic heterocycles. The quantitative estimate of drug-likeness (QED) is 0.406. The van der Waals surface area contributed by atoms with Crippen LogP contribution >= 0.6 is 22.6 Å². The molecule has 0 aromatic carbocycles. The average Bonchev–Trinajstić information content (AvgIpc) is 1.66. The molecule has 0 fully saturated rings. The number of halogens is 1. The maximum absolute atomic E-state index is 9.80. The van der Waals surface area contributed by atoms with Crippen LogP contribution in [0.25, 0.3) is 0 Å². The molecule has 0 aromatic rings. The first-order valence-corrected chi connectivity index (χ1v) is 4.24. The Labute approximate surface area is 64.5 Å². The molecule has 0 aliphatic rings. The van der Waals surface area contributed by atoms with Gasteiger partial charge in [-0.05, 0) is 3.93 Å². The molecule has 0 rings (SSSR count). The van der Waals surface area contributed by atoms with Crippen LogP contribution in [-0.4, -0.2) is 14.5 Å². The van der Waals surface area contributed by atoms with Gasteiger partial charge < -0.3 is 4.55 Å². The molecule has 8 heavy (non-hydrogen) atoms. The number of rotatable bonds is 2. The van der Waals surface area contributed by atoms with Gasteiger partial charge in [0.2, 0.25) is 0 Å². The van der Waals surface area contributed by atoms with Gasteiger partial charge in [-0.2, -0.15) is 0 Å². The smallest absolute Gasteiger partial charge is 0.0212 e. The van der Waals surface area contributed by atoms with Crippen LogP contribution in [0.5, 0.6) is 0 Å². The molecule has 0 saturated carbocycles. The molecule has 0 N–H and O–H groups in total. The van der Waals surface area contributed by atoms with Gasteiger partial charge in [-0.15, -0.1) is 0 Å². The van der Waals surface area contributed by atoms with Crippen LogP contribution in [-0.2, 0) is 11.1 Å². The Morgan fingerprint density at radius 2 is 2.38 bits per heavy atom. The van der Waals surface area contributed by atoms with E-state index in [1.54, 1.807) is 0 Å². The normalized spacial score (nSPS) is 11.8. The summed E-state index contributed by atoms with van der Waals surface area (Å²) in [7, 11) is 0. The third-order valence-corrected chi connectivity index (χ3v) is 1.38. The fraction of sp³-hybridized carbons (Fsp3) is 0.500. The standard InChI is InChI=1S/C4H5IO2S/c5-3-1-2-4-8(6)7/h2,4H2,(H,6,7)/p-1. The van der Waals surface area contributed by atoms with Crippen LogP contribution in [0, 0.1) is 9.85 Å². The Kier molecular flexibility index (Phi) is 5.81. The Morgan fingerprint density at radius 3 is 2.75 bits per heavy atom. The van der Waals surface area contributed by atoms with Crippen LogP contribution < -0.4 is 0 Å². The lowest BCUT2D eigenvalue weighted by Crippen LogP contribution is -1.92. The lowest BCUT2D eigenvalue weighted by molar-refractivity contribution is 0.537. The second-order valence-corrected chi connectivity index (χ2v) is 2.58. The lowest BCUT2D eigenvalue weighted by atomic mass is 10.5. The van der Waals surface area contributed by atoms with Crippen molar-refractivity contribution >= 4 is 33.7 Å². The summed E-state index contributed by atoms with van der Waals surface area (Å²) in [4.78, 5) is 0. The SMILES string of the molecule is O=S([O-])CCC#CI. The van der Waals surface area contributed by atoms with E-state index >= 15 is 0 Å². The van der Waals surface area contributed by atoms with Crippen molar-refractivity contribution in [3.63, 3.8) is 0 Å². The lowest BCUT2D eigenvalue weighted by Gasteiger charge is -1.97. The summed E-state index contributed by atoms with van der Waals surface area (Å²) in [6.45, 7) is 0. The fourth-order valence-electron chi connectivity index (χ4n) is 0.182. The zero-order chi connectivity index (χ0) is 6.41. The Morgan fingerprint density at radius 1 is 1.75 bits per heavy atom. The van der Waals surface area contributed by atoms with Gasteiger partial charge in [0.25, 0.3) is 0 Å². The molecule has 0 radical (unpaired) electrons. The van der Waals surface area contributed by atoms with E-state index in [4.69, 9.17) is 0 Å². The average molecular weight is 243 g/mol. The summed E-state index contributed by atoms with van der Waals surface area (Å²) in [5.74, 6) is 2.77. The summed E-state index contributed by atoms with van der Waals surface area (Å²) in [6, 6.07) is 0. The summed E-state index contributed by atoms with van der Waals surface area (Å²) in [5, 5.41) is 0. The predicted molar refractivity (Wildman–Crippen MR) is 40.2 cm³/mol. The first-order valence-electron chi connectivity index (χ1n) is 1.91. The Hall–Kier alpha value is 0.400. The summed E-state index contributed by atoms with van der Waals surface area (Å²) < 4.78 is 22.2. The van der Waals surface area contributed by atoms with Crippen LogP contribution in [0.4, 0.5) is 0 Å². The first kappa shape index (κ1) is 8.40. The molecule has 0 heterocycles. The topological polar surface area (TPSA) is 40.1 Å². The molecule has 0 aliphatic heterocycles. The minimum atomic E-state index is -1.92. The van der Waals surface area contributed by atoms with Gasteiger partial charge in [0.05, 0.1) is 0 Å². The molecule has 0 aliphatic carbocycles. The summed E-state index contributed by atoms with van der Waals surface area (Å²) in [5.41, 5.74) is 0. The molecular weight excluding hydrogens is 239 g/mol. The van der Waals surface area contributed by atoms with Crippen molar-refractivity contribution in [1.82, 2.24) is 0 Å². The minimum Gasteiger partial charge on any atom is -0.772 e. The molecular formula is C4H4IO2S-. The molecule has 0 saturated heterocycles. The maximum Gasteiger partial charge on any atom is 0.0212 e. The highest BCUT2D eigenvalue weighted by atomic mass is 127. The Balaban J connectivity index is 3.14. The molecule has 0 spiro atoms. The zero-order valence-corrected chi connectivity index (χ0v) is 6.99. The van der Waals surface area contributed by atoms with Crippen molar-refractivity contribution in [1.29, 1.82) is 0 Å². The molecule has 0 amide bonds. The van der Waals surface area contributed by atoms with E-state index in [9.17, 15) is 8.76 Å². The molecule has 1 unspecified atom stereocenters. The van der Waals surface area contributed by atoms with Gasteiger partial charge in [-0.25, -0.2) is 0 Å². The van der Waals surface area contributed by atoms with E-state index in [1.807, 2.05) is 22.6 Å². The van der Waals surface area contributed by atoms with E-state index < -0.39 is 11.1 Å². The van der Waals surface area contributed by atoms with E-state index in [0.717, 1.165) is 0 Å². The number of hydrogen-bond acceptors (Lipinski definition) is 2. The highest BCUT2D eigenvalue weighted by molar-refractivity contribution is 14.1. The van der Waals surface area contributed by atoms with Crippen LogP contribution in [0.2, 0.25) is 0 Å². The molecule has 46 valence electrons. The van der Waals surface area contributed by atoms with Gasteiger partial charge in [-0.1, -0.05) is 17.0 Å².